The monoisotopic (exact) mass is 309 g/mol. The van der Waals surface area contributed by atoms with Crippen LogP contribution in [0.3, 0.4) is 0 Å². The molecule has 122 valence electrons. The number of hydrogen-bond donors (Lipinski definition) is 1. The Kier molecular flexibility index (Phi) is 4.30. The van der Waals surface area contributed by atoms with Crippen molar-refractivity contribution in [3.8, 4) is 0 Å². The molecule has 0 aliphatic carbocycles. The Morgan fingerprint density at radius 3 is 2.18 bits per heavy atom. The Labute approximate surface area is 129 Å². The molecular weight excluding hydrogens is 286 g/mol. The fraction of sp³-hybridized carbons (Fsp3) is 0.643. The van der Waals surface area contributed by atoms with Gasteiger partial charge < -0.3 is 20.3 Å². The van der Waals surface area contributed by atoms with E-state index in [0.29, 0.717) is 37.6 Å². The van der Waals surface area contributed by atoms with Crippen LogP contribution < -0.4 is 5.73 Å². The van der Waals surface area contributed by atoms with Crippen LogP contribution in [0.2, 0.25) is 0 Å². The van der Waals surface area contributed by atoms with E-state index in [1.165, 1.54) is 10.9 Å². The van der Waals surface area contributed by atoms with Crippen molar-refractivity contribution >= 4 is 17.7 Å². The van der Waals surface area contributed by atoms with Crippen LogP contribution in [-0.4, -0.2) is 63.4 Å². The summed E-state index contributed by atoms with van der Waals surface area (Å²) in [7, 11) is 1.68. The predicted molar refractivity (Wildman–Crippen MR) is 81.3 cm³/mol. The highest BCUT2D eigenvalue weighted by Gasteiger charge is 2.29. The molecule has 1 aromatic heterocycles. The molecule has 1 fully saturated rings. The molecule has 2 amide bonds. The van der Waals surface area contributed by atoms with Crippen LogP contribution in [0.4, 0.5) is 10.5 Å². The van der Waals surface area contributed by atoms with Crippen molar-refractivity contribution in [2.45, 2.75) is 26.4 Å². The molecule has 8 nitrogen and oxygen atoms in total. The molecule has 8 heteroatoms. The SMILES string of the molecule is Cn1ncc(N)c1C(=O)N1CCN(C(=O)OC(C)(C)C)CC1. The molecule has 2 rings (SSSR count). The van der Waals surface area contributed by atoms with Gasteiger partial charge in [0.2, 0.25) is 0 Å². The smallest absolute Gasteiger partial charge is 0.410 e. The maximum Gasteiger partial charge on any atom is 0.410 e. The summed E-state index contributed by atoms with van der Waals surface area (Å²) in [5.74, 6) is -0.165. The summed E-state index contributed by atoms with van der Waals surface area (Å²) in [5, 5.41) is 3.98. The molecule has 2 heterocycles. The van der Waals surface area contributed by atoms with E-state index in [1.54, 1.807) is 16.8 Å². The van der Waals surface area contributed by atoms with Crippen LogP contribution in [0.15, 0.2) is 6.20 Å². The third kappa shape index (κ3) is 3.49. The summed E-state index contributed by atoms with van der Waals surface area (Å²) >= 11 is 0. The van der Waals surface area contributed by atoms with E-state index >= 15 is 0 Å². The Morgan fingerprint density at radius 2 is 1.73 bits per heavy atom. The van der Waals surface area contributed by atoms with Crippen molar-refractivity contribution in [1.82, 2.24) is 19.6 Å². The van der Waals surface area contributed by atoms with Crippen molar-refractivity contribution in [2.75, 3.05) is 31.9 Å². The zero-order chi connectivity index (χ0) is 16.5. The van der Waals surface area contributed by atoms with Crippen LogP contribution in [0, 0.1) is 0 Å². The molecule has 0 radical (unpaired) electrons. The van der Waals surface area contributed by atoms with Gasteiger partial charge in [0.1, 0.15) is 11.3 Å². The lowest BCUT2D eigenvalue weighted by atomic mass is 10.2. The molecule has 1 aliphatic heterocycles. The number of nitrogens with two attached hydrogens (primary N) is 1. The average Bonchev–Trinajstić information content (AvgIpc) is 2.76. The Morgan fingerprint density at radius 1 is 1.18 bits per heavy atom. The third-order valence-electron chi connectivity index (χ3n) is 3.39. The molecule has 2 N–H and O–H groups in total. The van der Waals surface area contributed by atoms with E-state index in [9.17, 15) is 9.59 Å². The lowest BCUT2D eigenvalue weighted by molar-refractivity contribution is 0.0139. The number of aromatic nitrogens is 2. The Bertz CT molecular complexity index is 548. The molecule has 1 aromatic rings. The molecule has 0 aromatic carbocycles. The lowest BCUT2D eigenvalue weighted by Gasteiger charge is -2.35. The standard InChI is InChI=1S/C14H23N5O3/c1-14(2,3)22-13(21)19-7-5-18(6-8-19)12(20)11-10(15)9-16-17(11)4/h9H,5-8,15H2,1-4H3. The molecular formula is C14H23N5O3. The van der Waals surface area contributed by atoms with Crippen molar-refractivity contribution in [1.29, 1.82) is 0 Å². The predicted octanol–water partition coefficient (Wildman–Crippen LogP) is 0.695. The fourth-order valence-electron chi connectivity index (χ4n) is 2.28. The lowest BCUT2D eigenvalue weighted by Crippen LogP contribution is -2.52. The minimum Gasteiger partial charge on any atom is -0.444 e. The quantitative estimate of drug-likeness (QED) is 0.824. The van der Waals surface area contributed by atoms with Crippen molar-refractivity contribution in [2.24, 2.45) is 7.05 Å². The number of carbonyl (C=O) groups excluding carboxylic acids is 2. The molecule has 0 saturated carbocycles. The maximum atomic E-state index is 12.5. The van der Waals surface area contributed by atoms with Crippen LogP contribution >= 0.6 is 0 Å². The summed E-state index contributed by atoms with van der Waals surface area (Å²) in [6, 6.07) is 0. The van der Waals surface area contributed by atoms with E-state index in [-0.39, 0.29) is 12.0 Å². The normalized spacial score (nSPS) is 15.8. The highest BCUT2D eigenvalue weighted by atomic mass is 16.6. The molecule has 0 spiro atoms. The number of nitrogens with zero attached hydrogens (tertiary/aromatic N) is 4. The number of nitrogen functional groups attached to an aromatic ring is 1. The van der Waals surface area contributed by atoms with Gasteiger partial charge in [-0.05, 0) is 20.8 Å². The summed E-state index contributed by atoms with van der Waals surface area (Å²) < 4.78 is 6.80. The highest BCUT2D eigenvalue weighted by Crippen LogP contribution is 2.16. The van der Waals surface area contributed by atoms with Gasteiger partial charge in [0.15, 0.2) is 0 Å². The number of hydrogen-bond acceptors (Lipinski definition) is 5. The van der Waals surface area contributed by atoms with Crippen LogP contribution in [0.25, 0.3) is 0 Å². The molecule has 1 aliphatic rings. The van der Waals surface area contributed by atoms with Gasteiger partial charge in [-0.15, -0.1) is 0 Å². The first kappa shape index (κ1) is 16.1. The van der Waals surface area contributed by atoms with Crippen molar-refractivity contribution in [3.63, 3.8) is 0 Å². The summed E-state index contributed by atoms with van der Waals surface area (Å²) in [4.78, 5) is 27.7. The average molecular weight is 309 g/mol. The van der Waals surface area contributed by atoms with Crippen LogP contribution in [-0.2, 0) is 11.8 Å². The Balaban J connectivity index is 1.95. The minimum absolute atomic E-state index is 0.165. The van der Waals surface area contributed by atoms with Gasteiger partial charge >= 0.3 is 6.09 Å². The first-order chi connectivity index (χ1) is 10.2. The molecule has 0 unspecified atom stereocenters. The van der Waals surface area contributed by atoms with Gasteiger partial charge in [-0.2, -0.15) is 5.10 Å². The fourth-order valence-corrected chi connectivity index (χ4v) is 2.28. The first-order valence-corrected chi connectivity index (χ1v) is 7.23. The number of ether oxygens (including phenoxy) is 1. The number of aryl methyl sites for hydroxylation is 1. The van der Waals surface area contributed by atoms with E-state index in [2.05, 4.69) is 5.10 Å². The summed E-state index contributed by atoms with van der Waals surface area (Å²) in [5.41, 5.74) is 6.00. The zero-order valence-electron chi connectivity index (χ0n) is 13.5. The number of piperazine rings is 1. The second kappa shape index (κ2) is 5.86. The zero-order valence-corrected chi connectivity index (χ0v) is 13.5. The summed E-state index contributed by atoms with van der Waals surface area (Å²) in [6.45, 7) is 7.27. The minimum atomic E-state index is -0.521. The van der Waals surface area contributed by atoms with Crippen LogP contribution in [0.1, 0.15) is 31.3 Å². The van der Waals surface area contributed by atoms with Gasteiger partial charge in [0, 0.05) is 33.2 Å². The van der Waals surface area contributed by atoms with Gasteiger partial charge in [0.05, 0.1) is 11.9 Å². The maximum absolute atomic E-state index is 12.5. The molecule has 1 saturated heterocycles. The van der Waals surface area contributed by atoms with E-state index in [1.807, 2.05) is 20.8 Å². The van der Waals surface area contributed by atoms with E-state index in [4.69, 9.17) is 10.5 Å². The molecule has 0 atom stereocenters. The van der Waals surface area contributed by atoms with Crippen molar-refractivity contribution in [3.05, 3.63) is 11.9 Å². The van der Waals surface area contributed by atoms with Gasteiger partial charge in [-0.1, -0.05) is 0 Å². The van der Waals surface area contributed by atoms with E-state index < -0.39 is 5.60 Å². The largest absolute Gasteiger partial charge is 0.444 e. The number of carbonyl (C=O) groups is 2. The van der Waals surface area contributed by atoms with Gasteiger partial charge in [0.25, 0.3) is 5.91 Å². The molecule has 22 heavy (non-hydrogen) atoms. The number of rotatable bonds is 1. The first-order valence-electron chi connectivity index (χ1n) is 7.23. The van der Waals surface area contributed by atoms with Crippen molar-refractivity contribution < 1.29 is 14.3 Å². The van der Waals surface area contributed by atoms with E-state index in [0.717, 1.165) is 0 Å². The number of anilines is 1. The second-order valence-corrected chi connectivity index (χ2v) is 6.33. The highest BCUT2D eigenvalue weighted by molar-refractivity contribution is 5.97. The molecule has 0 bridgehead atoms. The topological polar surface area (TPSA) is 93.7 Å². The van der Waals surface area contributed by atoms with Crippen LogP contribution in [0.5, 0.6) is 0 Å². The Hall–Kier alpha value is -2.25. The second-order valence-electron chi connectivity index (χ2n) is 6.33. The van der Waals surface area contributed by atoms with Gasteiger partial charge in [-0.3, -0.25) is 9.48 Å². The summed E-state index contributed by atoms with van der Waals surface area (Å²) in [6.07, 6.45) is 1.11. The van der Waals surface area contributed by atoms with Gasteiger partial charge in [-0.25, -0.2) is 4.79 Å². The third-order valence-corrected chi connectivity index (χ3v) is 3.39. The number of amides is 2.